The number of methoxy groups -OCH3 is 1. The molecule has 1 heterocycles. The van der Waals surface area contributed by atoms with E-state index in [9.17, 15) is 4.79 Å². The average molecular weight is 294 g/mol. The SMILES string of the molecule is COC(=O)c1ccccc1NC(=S)NC[C@H]1CCCO1. The predicted molar refractivity (Wildman–Crippen MR) is 81.0 cm³/mol. The Balaban J connectivity index is 1.91. The van der Waals surface area contributed by atoms with E-state index >= 15 is 0 Å². The van der Waals surface area contributed by atoms with Gasteiger partial charge in [0.1, 0.15) is 0 Å². The molecule has 0 saturated carbocycles. The van der Waals surface area contributed by atoms with Crippen molar-refractivity contribution in [3.05, 3.63) is 29.8 Å². The molecule has 1 aromatic carbocycles. The van der Waals surface area contributed by atoms with E-state index in [1.165, 1.54) is 7.11 Å². The third-order valence-electron chi connectivity index (χ3n) is 3.09. The van der Waals surface area contributed by atoms with E-state index in [1.807, 2.05) is 6.07 Å². The van der Waals surface area contributed by atoms with Gasteiger partial charge in [-0.1, -0.05) is 12.1 Å². The second-order valence-corrected chi connectivity index (χ2v) is 4.92. The number of benzene rings is 1. The Morgan fingerprint density at radius 3 is 3.00 bits per heavy atom. The lowest BCUT2D eigenvalue weighted by Gasteiger charge is -2.15. The number of thiocarbonyl (C=S) groups is 1. The fourth-order valence-electron chi connectivity index (χ4n) is 2.06. The highest BCUT2D eigenvalue weighted by Crippen LogP contribution is 2.16. The number of esters is 1. The van der Waals surface area contributed by atoms with Gasteiger partial charge in [0.25, 0.3) is 0 Å². The van der Waals surface area contributed by atoms with E-state index in [1.54, 1.807) is 18.2 Å². The van der Waals surface area contributed by atoms with Crippen molar-refractivity contribution in [3.8, 4) is 0 Å². The van der Waals surface area contributed by atoms with Crippen LogP contribution in [0.1, 0.15) is 23.2 Å². The second kappa shape index (κ2) is 7.21. The van der Waals surface area contributed by atoms with Crippen LogP contribution in [0.4, 0.5) is 5.69 Å². The lowest BCUT2D eigenvalue weighted by molar-refractivity contribution is 0.0602. The molecule has 0 radical (unpaired) electrons. The number of hydrogen-bond donors (Lipinski definition) is 2. The zero-order valence-corrected chi connectivity index (χ0v) is 12.2. The first-order valence-electron chi connectivity index (χ1n) is 6.54. The standard InChI is InChI=1S/C14H18N2O3S/c1-18-13(17)11-6-2-3-7-12(11)16-14(20)15-9-10-5-4-8-19-10/h2-3,6-7,10H,4-5,8-9H2,1H3,(H2,15,16,20)/t10-/m1/s1. The average Bonchev–Trinajstić information content (AvgIpc) is 2.98. The topological polar surface area (TPSA) is 59.6 Å². The molecular formula is C14H18N2O3S. The Morgan fingerprint density at radius 1 is 1.50 bits per heavy atom. The van der Waals surface area contributed by atoms with Gasteiger partial charge in [-0.3, -0.25) is 0 Å². The van der Waals surface area contributed by atoms with Crippen LogP contribution in [0.15, 0.2) is 24.3 Å². The Labute approximate surface area is 123 Å². The molecule has 2 rings (SSSR count). The fraction of sp³-hybridized carbons (Fsp3) is 0.429. The van der Waals surface area contributed by atoms with Crippen LogP contribution < -0.4 is 10.6 Å². The molecule has 6 heteroatoms. The highest BCUT2D eigenvalue weighted by molar-refractivity contribution is 7.80. The summed E-state index contributed by atoms with van der Waals surface area (Å²) in [6.07, 6.45) is 2.36. The predicted octanol–water partition coefficient (Wildman–Crippen LogP) is 1.94. The molecule has 0 bridgehead atoms. The van der Waals surface area contributed by atoms with Gasteiger partial charge in [-0.2, -0.15) is 0 Å². The van der Waals surface area contributed by atoms with E-state index < -0.39 is 5.97 Å². The number of carbonyl (C=O) groups is 1. The summed E-state index contributed by atoms with van der Waals surface area (Å²) in [4.78, 5) is 11.6. The Kier molecular flexibility index (Phi) is 5.31. The van der Waals surface area contributed by atoms with Crippen molar-refractivity contribution in [1.82, 2.24) is 5.32 Å². The third kappa shape index (κ3) is 3.91. The van der Waals surface area contributed by atoms with Crippen LogP contribution in [0, 0.1) is 0 Å². The van der Waals surface area contributed by atoms with Crippen LogP contribution >= 0.6 is 12.2 Å². The van der Waals surface area contributed by atoms with E-state index in [-0.39, 0.29) is 6.10 Å². The number of carbonyl (C=O) groups excluding carboxylic acids is 1. The second-order valence-electron chi connectivity index (χ2n) is 4.51. The van der Waals surface area contributed by atoms with Crippen molar-refractivity contribution in [2.75, 3.05) is 25.6 Å². The van der Waals surface area contributed by atoms with Crippen LogP contribution in [-0.2, 0) is 9.47 Å². The lowest BCUT2D eigenvalue weighted by atomic mass is 10.2. The summed E-state index contributed by atoms with van der Waals surface area (Å²) < 4.78 is 10.2. The first-order valence-corrected chi connectivity index (χ1v) is 6.95. The molecule has 1 aliphatic rings. The Hall–Kier alpha value is -1.66. The molecular weight excluding hydrogens is 276 g/mol. The normalized spacial score (nSPS) is 17.6. The molecule has 0 aromatic heterocycles. The van der Waals surface area contributed by atoms with Crippen molar-refractivity contribution in [1.29, 1.82) is 0 Å². The molecule has 108 valence electrons. The summed E-state index contributed by atoms with van der Waals surface area (Å²) in [7, 11) is 1.35. The van der Waals surface area contributed by atoms with Gasteiger partial charge in [-0.25, -0.2) is 4.79 Å². The van der Waals surface area contributed by atoms with Crippen molar-refractivity contribution in [2.24, 2.45) is 0 Å². The summed E-state index contributed by atoms with van der Waals surface area (Å²) >= 11 is 5.22. The molecule has 0 amide bonds. The molecule has 0 unspecified atom stereocenters. The van der Waals surface area contributed by atoms with Gasteiger partial charge < -0.3 is 20.1 Å². The molecule has 2 N–H and O–H groups in total. The minimum Gasteiger partial charge on any atom is -0.465 e. The maximum atomic E-state index is 11.6. The van der Waals surface area contributed by atoms with Crippen LogP contribution in [-0.4, -0.2) is 37.4 Å². The van der Waals surface area contributed by atoms with E-state index in [4.69, 9.17) is 21.7 Å². The van der Waals surface area contributed by atoms with Crippen LogP contribution in [0.25, 0.3) is 0 Å². The molecule has 20 heavy (non-hydrogen) atoms. The van der Waals surface area contributed by atoms with Crippen molar-refractivity contribution in [2.45, 2.75) is 18.9 Å². The summed E-state index contributed by atoms with van der Waals surface area (Å²) in [5, 5.41) is 6.58. The summed E-state index contributed by atoms with van der Waals surface area (Å²) in [5.41, 5.74) is 1.08. The number of nitrogens with one attached hydrogen (secondary N) is 2. The van der Waals surface area contributed by atoms with E-state index in [0.29, 0.717) is 22.9 Å². The van der Waals surface area contributed by atoms with Gasteiger partial charge >= 0.3 is 5.97 Å². The summed E-state index contributed by atoms with van der Waals surface area (Å²) in [6.45, 7) is 1.49. The molecule has 1 fully saturated rings. The Bertz CT molecular complexity index is 487. The van der Waals surface area contributed by atoms with Crippen LogP contribution in [0.2, 0.25) is 0 Å². The van der Waals surface area contributed by atoms with Gasteiger partial charge in [0.2, 0.25) is 0 Å². The molecule has 5 nitrogen and oxygen atoms in total. The maximum Gasteiger partial charge on any atom is 0.339 e. The number of anilines is 1. The lowest BCUT2D eigenvalue weighted by Crippen LogP contribution is -2.35. The quantitative estimate of drug-likeness (QED) is 0.654. The van der Waals surface area contributed by atoms with Gasteiger partial charge in [-0.05, 0) is 37.2 Å². The van der Waals surface area contributed by atoms with Crippen LogP contribution in [0.5, 0.6) is 0 Å². The van der Waals surface area contributed by atoms with Gasteiger partial charge in [-0.15, -0.1) is 0 Å². The highest BCUT2D eigenvalue weighted by atomic mass is 32.1. The van der Waals surface area contributed by atoms with Crippen molar-refractivity contribution < 1.29 is 14.3 Å². The third-order valence-corrected chi connectivity index (χ3v) is 3.34. The van der Waals surface area contributed by atoms with Gasteiger partial charge in [0.15, 0.2) is 5.11 Å². The minimum absolute atomic E-state index is 0.214. The van der Waals surface area contributed by atoms with E-state index in [2.05, 4.69) is 10.6 Å². The van der Waals surface area contributed by atoms with Gasteiger partial charge in [0, 0.05) is 13.2 Å². The van der Waals surface area contributed by atoms with Crippen LogP contribution in [0.3, 0.4) is 0 Å². The molecule has 0 aliphatic carbocycles. The largest absolute Gasteiger partial charge is 0.465 e. The van der Waals surface area contributed by atoms with E-state index in [0.717, 1.165) is 19.4 Å². The number of para-hydroxylation sites is 1. The first kappa shape index (κ1) is 14.7. The molecule has 1 aromatic rings. The van der Waals surface area contributed by atoms with Gasteiger partial charge in [0.05, 0.1) is 24.5 Å². The number of ether oxygens (including phenoxy) is 2. The fourth-order valence-corrected chi connectivity index (χ4v) is 2.25. The summed E-state index contributed by atoms with van der Waals surface area (Å²) in [6, 6.07) is 7.08. The molecule has 1 saturated heterocycles. The smallest absolute Gasteiger partial charge is 0.339 e. The summed E-state index contributed by atoms with van der Waals surface area (Å²) in [5.74, 6) is -0.393. The number of hydrogen-bond acceptors (Lipinski definition) is 4. The molecule has 1 atom stereocenters. The highest BCUT2D eigenvalue weighted by Gasteiger charge is 2.16. The maximum absolute atomic E-state index is 11.6. The van der Waals surface area contributed by atoms with Crippen molar-refractivity contribution >= 4 is 29.0 Å². The monoisotopic (exact) mass is 294 g/mol. The number of rotatable bonds is 4. The molecule has 0 spiro atoms. The zero-order chi connectivity index (χ0) is 14.4. The van der Waals surface area contributed by atoms with Crippen molar-refractivity contribution in [3.63, 3.8) is 0 Å². The molecule has 1 aliphatic heterocycles. The zero-order valence-electron chi connectivity index (χ0n) is 11.3. The Morgan fingerprint density at radius 2 is 2.30 bits per heavy atom. The first-order chi connectivity index (χ1) is 9.70. The minimum atomic E-state index is -0.393.